The summed E-state index contributed by atoms with van der Waals surface area (Å²) >= 11 is 6.07. The lowest BCUT2D eigenvalue weighted by atomic mass is 9.90. The number of nitrogens with zero attached hydrogens (tertiary/aromatic N) is 2. The van der Waals surface area contributed by atoms with Crippen LogP contribution in [0.1, 0.15) is 41.9 Å². The molecular formula is C24H20ClF4N5O. The summed E-state index contributed by atoms with van der Waals surface area (Å²) in [7, 11) is 0. The predicted molar refractivity (Wildman–Crippen MR) is 125 cm³/mol. The fourth-order valence-electron chi connectivity index (χ4n) is 4.44. The number of aromatic amines is 1. The van der Waals surface area contributed by atoms with Crippen molar-refractivity contribution in [1.82, 2.24) is 20.3 Å². The molecular weight excluding hydrogens is 486 g/mol. The largest absolute Gasteiger partial charge is 0.433 e. The summed E-state index contributed by atoms with van der Waals surface area (Å²) in [4.78, 5) is 23.2. The van der Waals surface area contributed by atoms with Gasteiger partial charge in [-0.1, -0.05) is 11.6 Å². The van der Waals surface area contributed by atoms with E-state index in [1.165, 1.54) is 18.2 Å². The van der Waals surface area contributed by atoms with Crippen molar-refractivity contribution in [3.05, 3.63) is 64.8 Å². The summed E-state index contributed by atoms with van der Waals surface area (Å²) in [5.41, 5.74) is 0.282. The second-order valence-corrected chi connectivity index (χ2v) is 9.09. The van der Waals surface area contributed by atoms with E-state index in [-0.39, 0.29) is 29.2 Å². The number of aromatic nitrogens is 3. The molecule has 1 saturated carbocycles. The summed E-state index contributed by atoms with van der Waals surface area (Å²) in [6.07, 6.45) is -0.909. The summed E-state index contributed by atoms with van der Waals surface area (Å²) in [5, 5.41) is 7.63. The number of anilines is 1. The number of carbonyl (C=O) groups is 1. The van der Waals surface area contributed by atoms with Gasteiger partial charge in [-0.3, -0.25) is 4.79 Å². The number of amides is 1. The molecule has 1 aliphatic carbocycles. The molecule has 1 aromatic carbocycles. The van der Waals surface area contributed by atoms with Gasteiger partial charge in [0.15, 0.2) is 0 Å². The molecule has 35 heavy (non-hydrogen) atoms. The fourth-order valence-corrected chi connectivity index (χ4v) is 4.61. The van der Waals surface area contributed by atoms with E-state index in [9.17, 15) is 22.4 Å². The SMILES string of the molecule is O=C(NC1CCC(Nc2cc(C(F)(F)F)nc3ccc(Cl)cc23)CC1)c1cc2cc(F)cnc2[nH]1. The fraction of sp³-hybridized carbons (Fsp3) is 0.292. The molecule has 5 rings (SSSR count). The summed E-state index contributed by atoms with van der Waals surface area (Å²) in [6.45, 7) is 0. The molecule has 0 spiro atoms. The highest BCUT2D eigenvalue weighted by atomic mass is 35.5. The number of rotatable bonds is 4. The van der Waals surface area contributed by atoms with E-state index in [0.29, 0.717) is 52.8 Å². The minimum atomic E-state index is -4.57. The number of benzene rings is 1. The van der Waals surface area contributed by atoms with Crippen LogP contribution >= 0.6 is 11.6 Å². The molecule has 3 aromatic heterocycles. The maximum Gasteiger partial charge on any atom is 0.433 e. The number of carbonyl (C=O) groups excluding carboxylic acids is 1. The van der Waals surface area contributed by atoms with E-state index in [1.807, 2.05) is 0 Å². The predicted octanol–water partition coefficient (Wildman–Crippen LogP) is 6.08. The van der Waals surface area contributed by atoms with Crippen molar-refractivity contribution in [3.63, 3.8) is 0 Å². The first-order valence-electron chi connectivity index (χ1n) is 11.0. The van der Waals surface area contributed by atoms with Gasteiger partial charge >= 0.3 is 6.18 Å². The van der Waals surface area contributed by atoms with Gasteiger partial charge < -0.3 is 15.6 Å². The van der Waals surface area contributed by atoms with Crippen LogP contribution < -0.4 is 10.6 Å². The molecule has 1 amide bonds. The lowest BCUT2D eigenvalue weighted by molar-refractivity contribution is -0.140. The molecule has 3 N–H and O–H groups in total. The molecule has 0 bridgehead atoms. The average Bonchev–Trinajstić information content (AvgIpc) is 3.23. The average molecular weight is 506 g/mol. The molecule has 0 unspecified atom stereocenters. The molecule has 1 fully saturated rings. The van der Waals surface area contributed by atoms with Gasteiger partial charge in [-0.2, -0.15) is 13.2 Å². The van der Waals surface area contributed by atoms with Crippen molar-refractivity contribution in [1.29, 1.82) is 0 Å². The Kier molecular flexibility index (Phi) is 6.00. The minimum Gasteiger partial charge on any atom is -0.382 e. The smallest absolute Gasteiger partial charge is 0.382 e. The van der Waals surface area contributed by atoms with Gasteiger partial charge in [0.2, 0.25) is 0 Å². The van der Waals surface area contributed by atoms with Crippen molar-refractivity contribution >= 4 is 45.1 Å². The number of halogens is 5. The number of H-pyrrole nitrogens is 1. The van der Waals surface area contributed by atoms with Crippen LogP contribution in [0.25, 0.3) is 21.9 Å². The van der Waals surface area contributed by atoms with Crippen LogP contribution in [0.15, 0.2) is 42.6 Å². The van der Waals surface area contributed by atoms with Crippen molar-refractivity contribution in [2.75, 3.05) is 5.32 Å². The first kappa shape index (κ1) is 23.3. The van der Waals surface area contributed by atoms with Crippen LogP contribution in [0, 0.1) is 5.82 Å². The Morgan fingerprint density at radius 2 is 1.80 bits per heavy atom. The molecule has 4 aromatic rings. The minimum absolute atomic E-state index is 0.0749. The Balaban J connectivity index is 1.26. The second-order valence-electron chi connectivity index (χ2n) is 8.66. The number of hydrogen-bond acceptors (Lipinski definition) is 4. The Labute approximate surface area is 202 Å². The topological polar surface area (TPSA) is 82.7 Å². The standard InChI is InChI=1S/C24H20ClF4N5O/c25-13-1-6-18-17(9-13)19(10-21(33-18)24(27,28)29)31-15-2-4-16(5-3-15)32-23(35)20-8-12-7-14(26)11-30-22(12)34-20/h1,6-11,15-16H,2-5H2,(H,30,34)(H,31,33)(H,32,35). The van der Waals surface area contributed by atoms with Crippen molar-refractivity contribution < 1.29 is 22.4 Å². The van der Waals surface area contributed by atoms with Crippen molar-refractivity contribution in [3.8, 4) is 0 Å². The zero-order valence-electron chi connectivity index (χ0n) is 18.2. The van der Waals surface area contributed by atoms with Crippen LogP contribution in [0.4, 0.5) is 23.2 Å². The zero-order chi connectivity index (χ0) is 24.7. The van der Waals surface area contributed by atoms with Gasteiger partial charge in [0.1, 0.15) is 22.9 Å². The highest BCUT2D eigenvalue weighted by molar-refractivity contribution is 6.31. The molecule has 11 heteroatoms. The van der Waals surface area contributed by atoms with E-state index in [4.69, 9.17) is 11.6 Å². The lowest BCUT2D eigenvalue weighted by Gasteiger charge is -2.30. The van der Waals surface area contributed by atoms with Crippen LogP contribution in [-0.2, 0) is 6.18 Å². The van der Waals surface area contributed by atoms with E-state index in [0.717, 1.165) is 12.3 Å². The van der Waals surface area contributed by atoms with E-state index in [2.05, 4.69) is 25.6 Å². The first-order chi connectivity index (χ1) is 16.7. The number of fused-ring (bicyclic) bond motifs is 2. The Hall–Kier alpha value is -3.40. The summed E-state index contributed by atoms with van der Waals surface area (Å²) in [5.74, 6) is -0.801. The monoisotopic (exact) mass is 505 g/mol. The van der Waals surface area contributed by atoms with E-state index >= 15 is 0 Å². The molecule has 0 saturated heterocycles. The Morgan fingerprint density at radius 3 is 2.54 bits per heavy atom. The third-order valence-electron chi connectivity index (χ3n) is 6.16. The van der Waals surface area contributed by atoms with Crippen LogP contribution in [0.3, 0.4) is 0 Å². The molecule has 0 aliphatic heterocycles. The van der Waals surface area contributed by atoms with Crippen molar-refractivity contribution in [2.45, 2.75) is 43.9 Å². The Bertz CT molecular complexity index is 1410. The second kappa shape index (κ2) is 8.99. The van der Waals surface area contributed by atoms with Gasteiger partial charge in [0, 0.05) is 33.6 Å². The third-order valence-corrected chi connectivity index (χ3v) is 6.40. The van der Waals surface area contributed by atoms with Crippen LogP contribution in [0.2, 0.25) is 5.02 Å². The summed E-state index contributed by atoms with van der Waals surface area (Å²) < 4.78 is 53.5. The summed E-state index contributed by atoms with van der Waals surface area (Å²) in [6, 6.07) is 8.27. The normalized spacial score (nSPS) is 18.7. The highest BCUT2D eigenvalue weighted by Gasteiger charge is 2.34. The van der Waals surface area contributed by atoms with Crippen molar-refractivity contribution in [2.24, 2.45) is 0 Å². The Morgan fingerprint density at radius 1 is 1.06 bits per heavy atom. The molecule has 0 atom stereocenters. The van der Waals surface area contributed by atoms with Gasteiger partial charge in [0.05, 0.1) is 11.7 Å². The quantitative estimate of drug-likeness (QED) is 0.294. The van der Waals surface area contributed by atoms with Gasteiger partial charge in [0.25, 0.3) is 5.91 Å². The molecule has 6 nitrogen and oxygen atoms in total. The molecule has 0 radical (unpaired) electrons. The number of hydrogen-bond donors (Lipinski definition) is 3. The lowest BCUT2D eigenvalue weighted by Crippen LogP contribution is -2.40. The molecule has 3 heterocycles. The number of alkyl halides is 3. The molecule has 182 valence electrons. The maximum absolute atomic E-state index is 13.4. The van der Waals surface area contributed by atoms with Crippen LogP contribution in [-0.4, -0.2) is 32.9 Å². The van der Waals surface area contributed by atoms with E-state index in [1.54, 1.807) is 12.1 Å². The first-order valence-corrected chi connectivity index (χ1v) is 11.4. The zero-order valence-corrected chi connectivity index (χ0v) is 19.0. The number of nitrogens with one attached hydrogen (secondary N) is 3. The van der Waals surface area contributed by atoms with Gasteiger partial charge in [-0.15, -0.1) is 0 Å². The van der Waals surface area contributed by atoms with Gasteiger partial charge in [-0.25, -0.2) is 14.4 Å². The highest BCUT2D eigenvalue weighted by Crippen LogP contribution is 2.35. The van der Waals surface area contributed by atoms with Crippen LogP contribution in [0.5, 0.6) is 0 Å². The van der Waals surface area contributed by atoms with E-state index < -0.39 is 17.7 Å². The molecule has 1 aliphatic rings. The number of pyridine rings is 2. The maximum atomic E-state index is 13.4. The third kappa shape index (κ3) is 5.02. The van der Waals surface area contributed by atoms with Gasteiger partial charge in [-0.05, 0) is 62.1 Å².